The molecule has 142 valence electrons. The third kappa shape index (κ3) is 4.81. The largest absolute Gasteiger partial charge is 0.354 e. The Kier molecular flexibility index (Phi) is 6.61. The van der Waals surface area contributed by atoms with Crippen LogP contribution in [0, 0.1) is 10.7 Å². The molecule has 1 saturated heterocycles. The first-order valence-electron chi connectivity index (χ1n) is 9.24. The van der Waals surface area contributed by atoms with E-state index in [1.54, 1.807) is 11.3 Å². The standard InChI is InChI=1S/C18H27N5OS2/c1-13-5-3-8-22(12-13)14(2)11-19-16(24)7-9-23-17(20-21-18(23)25)15-6-4-10-26-15/h4,6,10,13-14H,3,5,7-9,11-12H2,1-2H3,(H,19,24)(H,21,25). The smallest absolute Gasteiger partial charge is 0.221 e. The second-order valence-electron chi connectivity index (χ2n) is 7.13. The summed E-state index contributed by atoms with van der Waals surface area (Å²) in [6.07, 6.45) is 2.96. The molecule has 1 fully saturated rings. The molecule has 2 aromatic heterocycles. The van der Waals surface area contributed by atoms with Gasteiger partial charge in [-0.3, -0.25) is 19.4 Å². The number of nitrogens with zero attached hydrogens (tertiary/aromatic N) is 3. The molecule has 3 rings (SSSR count). The van der Waals surface area contributed by atoms with Gasteiger partial charge in [0, 0.05) is 32.1 Å². The van der Waals surface area contributed by atoms with Crippen molar-refractivity contribution in [1.82, 2.24) is 25.0 Å². The first kappa shape index (κ1) is 19.3. The Morgan fingerprint density at radius 1 is 1.58 bits per heavy atom. The van der Waals surface area contributed by atoms with E-state index in [9.17, 15) is 4.79 Å². The molecule has 2 N–H and O–H groups in total. The first-order valence-corrected chi connectivity index (χ1v) is 10.5. The van der Waals surface area contributed by atoms with Crippen LogP contribution in [0.1, 0.15) is 33.1 Å². The van der Waals surface area contributed by atoms with Crippen molar-refractivity contribution in [2.45, 2.75) is 45.7 Å². The number of carbonyl (C=O) groups is 1. The lowest BCUT2D eigenvalue weighted by atomic mass is 9.99. The van der Waals surface area contributed by atoms with Crippen LogP contribution >= 0.6 is 23.6 Å². The van der Waals surface area contributed by atoms with Gasteiger partial charge in [0.1, 0.15) is 0 Å². The molecule has 2 atom stereocenters. The maximum Gasteiger partial charge on any atom is 0.221 e. The number of aromatic amines is 1. The van der Waals surface area contributed by atoms with E-state index in [1.165, 1.54) is 12.8 Å². The molecule has 6 nitrogen and oxygen atoms in total. The third-order valence-corrected chi connectivity index (χ3v) is 6.15. The minimum atomic E-state index is 0.0575. The zero-order valence-electron chi connectivity index (χ0n) is 15.4. The normalized spacial score (nSPS) is 19.4. The molecule has 0 bridgehead atoms. The Bertz CT molecular complexity index is 767. The molecule has 1 aliphatic rings. The van der Waals surface area contributed by atoms with Gasteiger partial charge in [-0.2, -0.15) is 5.10 Å². The fraction of sp³-hybridized carbons (Fsp3) is 0.611. The highest BCUT2D eigenvalue weighted by Gasteiger charge is 2.21. The maximum absolute atomic E-state index is 12.3. The summed E-state index contributed by atoms with van der Waals surface area (Å²) < 4.78 is 2.45. The number of hydrogen-bond donors (Lipinski definition) is 2. The lowest BCUT2D eigenvalue weighted by Gasteiger charge is -2.35. The number of carbonyl (C=O) groups excluding carboxylic acids is 1. The molecule has 0 radical (unpaired) electrons. The van der Waals surface area contributed by atoms with E-state index in [0.29, 0.717) is 30.3 Å². The topological polar surface area (TPSA) is 66.0 Å². The molecule has 2 aromatic rings. The number of rotatable bonds is 7. The highest BCUT2D eigenvalue weighted by Crippen LogP contribution is 2.23. The fourth-order valence-electron chi connectivity index (χ4n) is 3.44. The zero-order chi connectivity index (χ0) is 18.5. The predicted molar refractivity (Wildman–Crippen MR) is 108 cm³/mol. The highest BCUT2D eigenvalue weighted by atomic mass is 32.1. The molecular weight excluding hydrogens is 366 g/mol. The van der Waals surface area contributed by atoms with Crippen LogP contribution in [0.4, 0.5) is 0 Å². The summed E-state index contributed by atoms with van der Waals surface area (Å²) in [5, 5.41) is 12.2. The van der Waals surface area contributed by atoms with Crippen molar-refractivity contribution in [3.8, 4) is 10.7 Å². The predicted octanol–water partition coefficient (Wildman–Crippen LogP) is 3.30. The molecule has 26 heavy (non-hydrogen) atoms. The van der Waals surface area contributed by atoms with Crippen LogP contribution in [0.3, 0.4) is 0 Å². The monoisotopic (exact) mass is 393 g/mol. The van der Waals surface area contributed by atoms with Crippen LogP contribution in [0.2, 0.25) is 0 Å². The van der Waals surface area contributed by atoms with E-state index in [1.807, 2.05) is 22.1 Å². The SMILES string of the molecule is CC1CCCN(C(C)CNC(=O)CCn2c(-c3cccs3)n[nH]c2=S)C1. The number of piperidine rings is 1. The minimum absolute atomic E-state index is 0.0575. The van der Waals surface area contributed by atoms with Gasteiger partial charge >= 0.3 is 0 Å². The summed E-state index contributed by atoms with van der Waals surface area (Å²) in [5.74, 6) is 1.61. The van der Waals surface area contributed by atoms with Crippen LogP contribution in [-0.2, 0) is 11.3 Å². The quantitative estimate of drug-likeness (QED) is 0.709. The van der Waals surface area contributed by atoms with Gasteiger partial charge in [-0.15, -0.1) is 11.3 Å². The number of H-pyrrole nitrogens is 1. The fourth-order valence-corrected chi connectivity index (χ4v) is 4.38. The van der Waals surface area contributed by atoms with Gasteiger partial charge in [-0.1, -0.05) is 13.0 Å². The van der Waals surface area contributed by atoms with E-state index < -0.39 is 0 Å². The van der Waals surface area contributed by atoms with Crippen LogP contribution in [0.5, 0.6) is 0 Å². The Morgan fingerprint density at radius 3 is 3.15 bits per heavy atom. The Balaban J connectivity index is 1.49. The average Bonchev–Trinajstić information content (AvgIpc) is 3.27. The van der Waals surface area contributed by atoms with Gasteiger partial charge in [0.2, 0.25) is 5.91 Å². The second-order valence-corrected chi connectivity index (χ2v) is 8.46. The number of thiophene rings is 1. The number of nitrogens with one attached hydrogen (secondary N) is 2. The number of amides is 1. The van der Waals surface area contributed by atoms with Crippen molar-refractivity contribution in [3.05, 3.63) is 22.3 Å². The van der Waals surface area contributed by atoms with Crippen molar-refractivity contribution in [2.24, 2.45) is 5.92 Å². The van der Waals surface area contributed by atoms with E-state index in [-0.39, 0.29) is 5.91 Å². The summed E-state index contributed by atoms with van der Waals surface area (Å²) >= 11 is 6.92. The molecule has 0 saturated carbocycles. The molecule has 1 aliphatic heterocycles. The maximum atomic E-state index is 12.3. The Labute approximate surface area is 163 Å². The zero-order valence-corrected chi connectivity index (χ0v) is 17.0. The molecule has 0 aliphatic carbocycles. The van der Waals surface area contributed by atoms with E-state index >= 15 is 0 Å². The van der Waals surface area contributed by atoms with Crippen molar-refractivity contribution < 1.29 is 4.79 Å². The molecule has 0 aromatic carbocycles. The average molecular weight is 394 g/mol. The Hall–Kier alpha value is -1.51. The third-order valence-electron chi connectivity index (χ3n) is 4.97. The van der Waals surface area contributed by atoms with Crippen molar-refractivity contribution >= 4 is 29.5 Å². The summed E-state index contributed by atoms with van der Waals surface area (Å²) in [6.45, 7) is 7.99. The van der Waals surface area contributed by atoms with Gasteiger partial charge in [0.15, 0.2) is 10.6 Å². The van der Waals surface area contributed by atoms with Gasteiger partial charge in [0.25, 0.3) is 0 Å². The van der Waals surface area contributed by atoms with Crippen molar-refractivity contribution in [1.29, 1.82) is 0 Å². The molecule has 0 spiro atoms. The number of aromatic nitrogens is 3. The van der Waals surface area contributed by atoms with Crippen LogP contribution in [0.15, 0.2) is 17.5 Å². The lowest BCUT2D eigenvalue weighted by Crippen LogP contribution is -2.46. The highest BCUT2D eigenvalue weighted by molar-refractivity contribution is 7.71. The van der Waals surface area contributed by atoms with Crippen LogP contribution < -0.4 is 5.32 Å². The number of likely N-dealkylation sites (tertiary alicyclic amines) is 1. The lowest BCUT2D eigenvalue weighted by molar-refractivity contribution is -0.121. The molecule has 8 heteroatoms. The second kappa shape index (κ2) is 8.92. The van der Waals surface area contributed by atoms with Gasteiger partial charge < -0.3 is 5.32 Å². The van der Waals surface area contributed by atoms with Crippen LogP contribution in [0.25, 0.3) is 10.7 Å². The Morgan fingerprint density at radius 2 is 2.42 bits per heavy atom. The van der Waals surface area contributed by atoms with E-state index in [4.69, 9.17) is 12.2 Å². The summed E-state index contributed by atoms with van der Waals surface area (Å²) in [6, 6.07) is 4.37. The summed E-state index contributed by atoms with van der Waals surface area (Å²) in [5.41, 5.74) is 0. The molecule has 1 amide bonds. The summed E-state index contributed by atoms with van der Waals surface area (Å²) in [4.78, 5) is 15.8. The molecule has 3 heterocycles. The summed E-state index contributed by atoms with van der Waals surface area (Å²) in [7, 11) is 0. The van der Waals surface area contributed by atoms with E-state index in [0.717, 1.165) is 29.7 Å². The van der Waals surface area contributed by atoms with Gasteiger partial charge in [0.05, 0.1) is 4.88 Å². The van der Waals surface area contributed by atoms with Crippen molar-refractivity contribution in [3.63, 3.8) is 0 Å². The van der Waals surface area contributed by atoms with Gasteiger partial charge in [-0.05, 0) is 55.9 Å². The molecule has 2 unspecified atom stereocenters. The van der Waals surface area contributed by atoms with Crippen LogP contribution in [-0.4, -0.2) is 51.2 Å². The minimum Gasteiger partial charge on any atom is -0.354 e. The van der Waals surface area contributed by atoms with Crippen molar-refractivity contribution in [2.75, 3.05) is 19.6 Å². The number of hydrogen-bond acceptors (Lipinski definition) is 5. The van der Waals surface area contributed by atoms with E-state index in [2.05, 4.69) is 34.3 Å². The first-order chi connectivity index (χ1) is 12.5. The van der Waals surface area contributed by atoms with Gasteiger partial charge in [-0.25, -0.2) is 0 Å². The molecular formula is C18H27N5OS2.